The first-order valence-electron chi connectivity index (χ1n) is 4.66. The van der Waals surface area contributed by atoms with Crippen LogP contribution in [0.3, 0.4) is 0 Å². The second-order valence-corrected chi connectivity index (χ2v) is 4.17. The summed E-state index contributed by atoms with van der Waals surface area (Å²) in [6, 6.07) is 10.3. The van der Waals surface area contributed by atoms with Crippen molar-refractivity contribution in [3.63, 3.8) is 0 Å². The molecule has 0 N–H and O–H groups in total. The Kier molecular flexibility index (Phi) is 2.53. The van der Waals surface area contributed by atoms with E-state index < -0.39 is 0 Å². The fourth-order valence-corrected chi connectivity index (χ4v) is 2.44. The molecule has 2 rings (SSSR count). The van der Waals surface area contributed by atoms with Crippen molar-refractivity contribution in [2.75, 3.05) is 0 Å². The quantitative estimate of drug-likeness (QED) is 0.730. The molecule has 0 amide bonds. The Morgan fingerprint density at radius 2 is 2.00 bits per heavy atom. The van der Waals surface area contributed by atoms with E-state index in [2.05, 4.69) is 10.4 Å². The first-order valence-corrected chi connectivity index (χ1v) is 5.43. The number of nitriles is 1. The molecule has 74 valence electrons. The molecule has 0 aliphatic rings. The molecule has 2 aromatic rings. The number of hydrogen-bond donors (Lipinski definition) is 0. The first-order chi connectivity index (χ1) is 7.24. The first kappa shape index (κ1) is 9.88. The van der Waals surface area contributed by atoms with Crippen LogP contribution >= 0.6 is 11.5 Å². The topological polar surface area (TPSA) is 36.7 Å². The molecule has 0 atom stereocenters. The van der Waals surface area contributed by atoms with Gasteiger partial charge in [-0.3, -0.25) is 0 Å². The van der Waals surface area contributed by atoms with Gasteiger partial charge < -0.3 is 0 Å². The smallest absolute Gasteiger partial charge is 0.103 e. The van der Waals surface area contributed by atoms with Crippen LogP contribution in [0.15, 0.2) is 24.3 Å². The van der Waals surface area contributed by atoms with E-state index in [-0.39, 0.29) is 0 Å². The number of benzene rings is 1. The van der Waals surface area contributed by atoms with Crippen molar-refractivity contribution in [3.05, 3.63) is 41.1 Å². The zero-order valence-electron chi connectivity index (χ0n) is 8.61. The highest BCUT2D eigenvalue weighted by molar-refractivity contribution is 7.10. The highest BCUT2D eigenvalue weighted by atomic mass is 32.1. The van der Waals surface area contributed by atoms with E-state index >= 15 is 0 Å². The largest absolute Gasteiger partial charge is 0.196 e. The van der Waals surface area contributed by atoms with E-state index in [0.29, 0.717) is 5.56 Å². The highest BCUT2D eigenvalue weighted by Crippen LogP contribution is 2.31. The lowest BCUT2D eigenvalue weighted by atomic mass is 10.0. The lowest BCUT2D eigenvalue weighted by Gasteiger charge is -2.01. The molecule has 0 fully saturated rings. The number of hydrogen-bond acceptors (Lipinski definition) is 3. The van der Waals surface area contributed by atoms with Crippen molar-refractivity contribution in [2.24, 2.45) is 0 Å². The average molecular weight is 214 g/mol. The van der Waals surface area contributed by atoms with Crippen LogP contribution in [0.5, 0.6) is 0 Å². The van der Waals surface area contributed by atoms with Gasteiger partial charge in [-0.25, -0.2) is 0 Å². The van der Waals surface area contributed by atoms with Crippen LogP contribution in [0.25, 0.3) is 10.4 Å². The zero-order chi connectivity index (χ0) is 10.8. The van der Waals surface area contributed by atoms with Gasteiger partial charge in [-0.2, -0.15) is 9.64 Å². The maximum absolute atomic E-state index is 9.06. The van der Waals surface area contributed by atoms with Crippen molar-refractivity contribution < 1.29 is 0 Å². The van der Waals surface area contributed by atoms with E-state index in [9.17, 15) is 0 Å². The molecular weight excluding hydrogens is 204 g/mol. The Morgan fingerprint density at radius 1 is 1.27 bits per heavy atom. The number of rotatable bonds is 1. The van der Waals surface area contributed by atoms with E-state index in [1.54, 1.807) is 0 Å². The number of aryl methyl sites for hydroxylation is 2. The van der Waals surface area contributed by atoms with E-state index in [1.165, 1.54) is 17.1 Å². The second kappa shape index (κ2) is 3.84. The Labute approximate surface area is 93.0 Å². The summed E-state index contributed by atoms with van der Waals surface area (Å²) in [5, 5.41) is 9.06. The van der Waals surface area contributed by atoms with Crippen LogP contribution in [-0.4, -0.2) is 4.37 Å². The van der Waals surface area contributed by atoms with Gasteiger partial charge in [-0.05, 0) is 36.5 Å². The minimum atomic E-state index is 0.703. The van der Waals surface area contributed by atoms with Crippen LogP contribution in [0.4, 0.5) is 0 Å². The minimum absolute atomic E-state index is 0.703. The lowest BCUT2D eigenvalue weighted by Crippen LogP contribution is -1.83. The Morgan fingerprint density at radius 3 is 2.67 bits per heavy atom. The Balaban J connectivity index is 2.66. The molecule has 1 heterocycles. The summed E-state index contributed by atoms with van der Waals surface area (Å²) in [5.74, 6) is 0. The van der Waals surface area contributed by atoms with Crippen LogP contribution in [0.2, 0.25) is 0 Å². The normalized spacial score (nSPS) is 9.93. The molecular formula is C12H10N2S. The van der Waals surface area contributed by atoms with Gasteiger partial charge in [0.2, 0.25) is 0 Å². The summed E-state index contributed by atoms with van der Waals surface area (Å²) in [6.45, 7) is 3.92. The van der Waals surface area contributed by atoms with Crippen molar-refractivity contribution in [2.45, 2.75) is 13.8 Å². The third-order valence-corrected chi connectivity index (χ3v) is 3.34. The third-order valence-electron chi connectivity index (χ3n) is 2.36. The summed E-state index contributed by atoms with van der Waals surface area (Å²) < 4.78 is 4.22. The van der Waals surface area contributed by atoms with Crippen molar-refractivity contribution in [1.82, 2.24) is 4.37 Å². The van der Waals surface area contributed by atoms with Gasteiger partial charge in [-0.15, -0.1) is 0 Å². The molecule has 0 aliphatic heterocycles. The van der Waals surface area contributed by atoms with Gasteiger partial charge in [0.05, 0.1) is 16.1 Å². The van der Waals surface area contributed by atoms with Gasteiger partial charge in [0.25, 0.3) is 0 Å². The Bertz CT molecular complexity index is 535. The van der Waals surface area contributed by atoms with E-state index in [0.717, 1.165) is 16.1 Å². The van der Waals surface area contributed by atoms with Crippen LogP contribution < -0.4 is 0 Å². The molecule has 0 saturated carbocycles. The molecule has 0 spiro atoms. The lowest BCUT2D eigenvalue weighted by molar-refractivity contribution is 1.31. The minimum Gasteiger partial charge on any atom is -0.196 e. The molecule has 0 radical (unpaired) electrons. The van der Waals surface area contributed by atoms with Crippen LogP contribution in [-0.2, 0) is 0 Å². The zero-order valence-corrected chi connectivity index (χ0v) is 9.43. The third kappa shape index (κ3) is 1.64. The van der Waals surface area contributed by atoms with Gasteiger partial charge >= 0.3 is 0 Å². The average Bonchev–Trinajstić information content (AvgIpc) is 2.60. The van der Waals surface area contributed by atoms with Crippen molar-refractivity contribution in [3.8, 4) is 16.5 Å². The SMILES string of the molecule is Cc1ccccc1-c1snc(C)c1C#N. The van der Waals surface area contributed by atoms with E-state index in [4.69, 9.17) is 5.26 Å². The van der Waals surface area contributed by atoms with Gasteiger partial charge in [0, 0.05) is 0 Å². The summed E-state index contributed by atoms with van der Waals surface area (Å²) in [5.41, 5.74) is 3.81. The summed E-state index contributed by atoms with van der Waals surface area (Å²) >= 11 is 1.40. The Hall–Kier alpha value is -1.66. The summed E-state index contributed by atoms with van der Waals surface area (Å²) in [6.07, 6.45) is 0. The fourth-order valence-electron chi connectivity index (χ4n) is 1.51. The highest BCUT2D eigenvalue weighted by Gasteiger charge is 2.12. The predicted octanol–water partition coefficient (Wildman–Crippen LogP) is 3.30. The molecule has 0 saturated heterocycles. The maximum atomic E-state index is 9.06. The fraction of sp³-hybridized carbons (Fsp3) is 0.167. The van der Waals surface area contributed by atoms with Crippen molar-refractivity contribution in [1.29, 1.82) is 5.26 Å². The monoisotopic (exact) mass is 214 g/mol. The molecule has 1 aromatic carbocycles. The molecule has 15 heavy (non-hydrogen) atoms. The van der Waals surface area contributed by atoms with Crippen LogP contribution in [0.1, 0.15) is 16.8 Å². The molecule has 0 bridgehead atoms. The summed E-state index contributed by atoms with van der Waals surface area (Å²) in [7, 11) is 0. The molecule has 2 nitrogen and oxygen atoms in total. The molecule has 0 unspecified atom stereocenters. The van der Waals surface area contributed by atoms with Crippen LogP contribution in [0, 0.1) is 25.2 Å². The van der Waals surface area contributed by atoms with E-state index in [1.807, 2.05) is 38.1 Å². The summed E-state index contributed by atoms with van der Waals surface area (Å²) in [4.78, 5) is 0.980. The van der Waals surface area contributed by atoms with Gasteiger partial charge in [-0.1, -0.05) is 24.3 Å². The standard InChI is InChI=1S/C12H10N2S/c1-8-5-3-4-6-10(8)12-11(7-13)9(2)14-15-12/h3-6H,1-2H3. The molecule has 1 aromatic heterocycles. The number of nitrogens with zero attached hydrogens (tertiary/aromatic N) is 2. The van der Waals surface area contributed by atoms with Gasteiger partial charge in [0.1, 0.15) is 6.07 Å². The maximum Gasteiger partial charge on any atom is 0.103 e. The van der Waals surface area contributed by atoms with Crippen molar-refractivity contribution >= 4 is 11.5 Å². The molecule has 0 aliphatic carbocycles. The van der Waals surface area contributed by atoms with Gasteiger partial charge in [0.15, 0.2) is 0 Å². The molecule has 3 heteroatoms. The second-order valence-electron chi connectivity index (χ2n) is 3.40. The predicted molar refractivity (Wildman–Crippen MR) is 61.7 cm³/mol. The number of aromatic nitrogens is 1.